The van der Waals surface area contributed by atoms with Crippen molar-refractivity contribution in [2.75, 3.05) is 11.9 Å². The Hall–Kier alpha value is -2.34. The smallest absolute Gasteiger partial charge is 0.226 e. The second kappa shape index (κ2) is 10.6. The first-order chi connectivity index (χ1) is 17.4. The van der Waals surface area contributed by atoms with Gasteiger partial charge in [-0.15, -0.1) is 0 Å². The fraction of sp³-hybridized carbons (Fsp3) is 0.560. The number of aromatic nitrogens is 4. The molecule has 5 rings (SSSR count). The summed E-state index contributed by atoms with van der Waals surface area (Å²) in [5.41, 5.74) is 3.26. The maximum atomic E-state index is 10.4. The van der Waals surface area contributed by atoms with Crippen molar-refractivity contribution in [3.63, 3.8) is 0 Å². The van der Waals surface area contributed by atoms with Crippen molar-refractivity contribution in [3.05, 3.63) is 47.0 Å². The number of aliphatic hydroxyl groups excluding tert-OH is 3. The zero-order valence-corrected chi connectivity index (χ0v) is 21.0. The molecule has 0 radical (unpaired) electrons. The predicted octanol–water partition coefficient (Wildman–Crippen LogP) is 2.76. The largest absolute Gasteiger partial charge is 0.394 e. The molecule has 1 aromatic carbocycles. The Morgan fingerprint density at radius 2 is 1.94 bits per heavy atom. The zero-order chi connectivity index (χ0) is 25.4. The highest BCUT2D eigenvalue weighted by atomic mass is 35.5. The van der Waals surface area contributed by atoms with Crippen molar-refractivity contribution in [3.8, 4) is 0 Å². The molecule has 4 N–H and O–H groups in total. The van der Waals surface area contributed by atoms with Crippen LogP contribution in [0.25, 0.3) is 11.2 Å². The van der Waals surface area contributed by atoms with E-state index < -0.39 is 31.1 Å². The molecule has 10 nitrogen and oxygen atoms in total. The van der Waals surface area contributed by atoms with Crippen molar-refractivity contribution in [2.45, 2.75) is 82.3 Å². The Morgan fingerprint density at radius 3 is 2.64 bits per heavy atom. The number of anilines is 1. The van der Waals surface area contributed by atoms with Crippen LogP contribution in [0.3, 0.4) is 0 Å². The highest BCUT2D eigenvalue weighted by Gasteiger charge is 2.44. The van der Waals surface area contributed by atoms with Crippen LogP contribution in [0.1, 0.15) is 56.4 Å². The average Bonchev–Trinajstić information content (AvgIpc) is 3.56. The molecule has 2 fully saturated rings. The Labute approximate surface area is 214 Å². The third kappa shape index (κ3) is 4.93. The standard InChI is InChI=1S/C25H32ClN5O5/c1-13(2)15-8-6-14(7-9-15)11-35-17-5-3-4-16(17)28-22-19-23(30-25(26)29-22)31(12-27-19)24-21(34)20(33)18(10-32)36-24/h6-9,12-13,16-18,20-21,24,32-34H,3-5,10-11H2,1-2H3,(H,28,29,30)/t16-,17?,18?,20+,21+,24?/m0/s1. The molecule has 194 valence electrons. The van der Waals surface area contributed by atoms with E-state index in [1.54, 1.807) is 0 Å². The molecule has 0 spiro atoms. The fourth-order valence-electron chi connectivity index (χ4n) is 4.95. The van der Waals surface area contributed by atoms with E-state index in [0.29, 0.717) is 29.5 Å². The number of aliphatic hydroxyl groups is 3. The Kier molecular flexibility index (Phi) is 7.43. The van der Waals surface area contributed by atoms with Gasteiger partial charge >= 0.3 is 0 Å². The summed E-state index contributed by atoms with van der Waals surface area (Å²) in [5, 5.41) is 33.5. The van der Waals surface area contributed by atoms with Crippen molar-refractivity contribution >= 4 is 28.6 Å². The number of nitrogens with zero attached hydrogens (tertiary/aromatic N) is 4. The average molecular weight is 518 g/mol. The molecule has 3 aromatic rings. The first kappa shape index (κ1) is 25.3. The number of benzene rings is 1. The van der Waals surface area contributed by atoms with Crippen molar-refractivity contribution < 1.29 is 24.8 Å². The first-order valence-corrected chi connectivity index (χ1v) is 12.7. The van der Waals surface area contributed by atoms with Gasteiger partial charge in [0, 0.05) is 0 Å². The Morgan fingerprint density at radius 1 is 1.17 bits per heavy atom. The van der Waals surface area contributed by atoms with Crippen LogP contribution >= 0.6 is 11.6 Å². The lowest BCUT2D eigenvalue weighted by atomic mass is 10.0. The number of hydrogen-bond donors (Lipinski definition) is 4. The van der Waals surface area contributed by atoms with E-state index in [9.17, 15) is 15.3 Å². The molecule has 3 unspecified atom stereocenters. The lowest BCUT2D eigenvalue weighted by molar-refractivity contribution is -0.0511. The Balaban J connectivity index is 1.32. The lowest BCUT2D eigenvalue weighted by Crippen LogP contribution is -2.33. The topological polar surface area (TPSA) is 135 Å². The molecular weight excluding hydrogens is 486 g/mol. The summed E-state index contributed by atoms with van der Waals surface area (Å²) in [6, 6.07) is 8.55. The molecule has 2 aliphatic rings. The first-order valence-electron chi connectivity index (χ1n) is 12.3. The maximum absolute atomic E-state index is 10.4. The van der Waals surface area contributed by atoms with E-state index in [1.807, 2.05) is 0 Å². The Bertz CT molecular complexity index is 1190. The molecule has 3 heterocycles. The van der Waals surface area contributed by atoms with Gasteiger partial charge in [-0.1, -0.05) is 38.1 Å². The van der Waals surface area contributed by atoms with Gasteiger partial charge in [-0.25, -0.2) is 4.98 Å². The monoisotopic (exact) mass is 517 g/mol. The number of imidazole rings is 1. The van der Waals surface area contributed by atoms with Gasteiger partial charge in [0.05, 0.1) is 31.7 Å². The molecule has 6 atom stereocenters. The van der Waals surface area contributed by atoms with Gasteiger partial charge in [0.15, 0.2) is 23.2 Å². The van der Waals surface area contributed by atoms with Crippen LogP contribution in [0.2, 0.25) is 5.28 Å². The van der Waals surface area contributed by atoms with Crippen LogP contribution in [0.5, 0.6) is 0 Å². The van der Waals surface area contributed by atoms with E-state index in [0.717, 1.165) is 24.8 Å². The summed E-state index contributed by atoms with van der Waals surface area (Å²) in [5.74, 6) is 0.963. The molecule has 2 aromatic heterocycles. The van der Waals surface area contributed by atoms with Gasteiger partial charge in [0.1, 0.15) is 18.3 Å². The van der Waals surface area contributed by atoms with Gasteiger partial charge in [-0.2, -0.15) is 9.97 Å². The van der Waals surface area contributed by atoms with Gasteiger partial charge in [-0.05, 0) is 47.9 Å². The number of nitrogens with one attached hydrogen (secondary N) is 1. The van der Waals surface area contributed by atoms with Crippen LogP contribution in [0.15, 0.2) is 30.6 Å². The highest BCUT2D eigenvalue weighted by Crippen LogP contribution is 2.34. The van der Waals surface area contributed by atoms with Crippen LogP contribution in [0, 0.1) is 0 Å². The lowest BCUT2D eigenvalue weighted by Gasteiger charge is -2.22. The number of halogens is 1. The fourth-order valence-corrected chi connectivity index (χ4v) is 5.12. The molecule has 1 aliphatic heterocycles. The summed E-state index contributed by atoms with van der Waals surface area (Å²) in [6.07, 6.45) is -0.0339. The van der Waals surface area contributed by atoms with E-state index in [4.69, 9.17) is 21.1 Å². The van der Waals surface area contributed by atoms with E-state index in [1.165, 1.54) is 16.5 Å². The number of fused-ring (bicyclic) bond motifs is 1. The third-order valence-electron chi connectivity index (χ3n) is 7.07. The van der Waals surface area contributed by atoms with Crippen molar-refractivity contribution in [2.24, 2.45) is 0 Å². The molecule has 0 amide bonds. The van der Waals surface area contributed by atoms with Gasteiger partial charge in [0.25, 0.3) is 0 Å². The summed E-state index contributed by atoms with van der Waals surface area (Å²) in [7, 11) is 0. The SMILES string of the molecule is CC(C)c1ccc(COC2CCC[C@@H]2Nc2nc(Cl)nc3c2ncn3C2OC(CO)[C@@H](O)[C@H]2O)cc1. The highest BCUT2D eigenvalue weighted by molar-refractivity contribution is 6.28. The normalized spacial score (nSPS) is 28.4. The summed E-state index contributed by atoms with van der Waals surface area (Å²) < 4.78 is 13.4. The molecule has 1 saturated heterocycles. The van der Waals surface area contributed by atoms with Crippen LogP contribution in [-0.4, -0.2) is 71.9 Å². The maximum Gasteiger partial charge on any atom is 0.226 e. The summed E-state index contributed by atoms with van der Waals surface area (Å²) in [6.45, 7) is 4.46. The molecule has 0 bridgehead atoms. The molecular formula is C25H32ClN5O5. The van der Waals surface area contributed by atoms with Gasteiger partial charge < -0.3 is 30.1 Å². The van der Waals surface area contributed by atoms with Crippen molar-refractivity contribution in [1.82, 2.24) is 19.5 Å². The molecule has 11 heteroatoms. The van der Waals surface area contributed by atoms with Gasteiger partial charge in [0.2, 0.25) is 5.28 Å². The second-order valence-corrected chi connectivity index (χ2v) is 10.2. The van der Waals surface area contributed by atoms with Crippen LogP contribution < -0.4 is 5.32 Å². The van der Waals surface area contributed by atoms with E-state index >= 15 is 0 Å². The van der Waals surface area contributed by atoms with Crippen molar-refractivity contribution in [1.29, 1.82) is 0 Å². The summed E-state index contributed by atoms with van der Waals surface area (Å²) in [4.78, 5) is 13.1. The minimum atomic E-state index is -1.26. The second-order valence-electron chi connectivity index (χ2n) is 9.82. The van der Waals surface area contributed by atoms with E-state index in [2.05, 4.69) is 58.4 Å². The minimum absolute atomic E-state index is 0.00102. The number of ether oxygens (including phenoxy) is 2. The molecule has 1 aliphatic carbocycles. The zero-order valence-electron chi connectivity index (χ0n) is 20.3. The summed E-state index contributed by atoms with van der Waals surface area (Å²) >= 11 is 6.25. The predicted molar refractivity (Wildman–Crippen MR) is 134 cm³/mol. The van der Waals surface area contributed by atoms with Gasteiger partial charge in [-0.3, -0.25) is 4.57 Å². The molecule has 1 saturated carbocycles. The van der Waals surface area contributed by atoms with E-state index in [-0.39, 0.29) is 17.4 Å². The minimum Gasteiger partial charge on any atom is -0.394 e. The third-order valence-corrected chi connectivity index (χ3v) is 7.24. The quantitative estimate of drug-likeness (QED) is 0.332. The number of hydrogen-bond acceptors (Lipinski definition) is 9. The van der Waals surface area contributed by atoms with Crippen LogP contribution in [0.4, 0.5) is 5.82 Å². The number of rotatable bonds is 8. The van der Waals surface area contributed by atoms with Crippen LogP contribution in [-0.2, 0) is 16.1 Å². The molecule has 36 heavy (non-hydrogen) atoms.